The van der Waals surface area contributed by atoms with Gasteiger partial charge in [-0.15, -0.1) is 0 Å². The summed E-state index contributed by atoms with van der Waals surface area (Å²) in [7, 11) is 3.20. The molecule has 2 heterocycles. The fraction of sp³-hybridized carbons (Fsp3) is 0.211. The molecule has 0 bridgehead atoms. The van der Waals surface area contributed by atoms with Crippen molar-refractivity contribution in [1.82, 2.24) is 14.8 Å². The van der Waals surface area contributed by atoms with Crippen LogP contribution in [0.4, 0.5) is 10.5 Å². The summed E-state index contributed by atoms with van der Waals surface area (Å²) >= 11 is 0. The molecule has 134 valence electrons. The Hall–Kier alpha value is -3.35. The maximum absolute atomic E-state index is 12.3. The monoisotopic (exact) mass is 352 g/mol. The van der Waals surface area contributed by atoms with Gasteiger partial charge in [-0.05, 0) is 55.8 Å². The van der Waals surface area contributed by atoms with E-state index in [4.69, 9.17) is 0 Å². The molecule has 0 unspecified atom stereocenters. The molecule has 1 aromatic heterocycles. The Morgan fingerprint density at radius 3 is 2.35 bits per heavy atom. The number of rotatable bonds is 3. The number of imide groups is 2. The van der Waals surface area contributed by atoms with Crippen molar-refractivity contribution in [3.63, 3.8) is 0 Å². The van der Waals surface area contributed by atoms with E-state index in [1.807, 2.05) is 55.8 Å². The average Bonchev–Trinajstić information content (AvgIpc) is 2.90. The summed E-state index contributed by atoms with van der Waals surface area (Å²) in [6.07, 6.45) is 1.53. The van der Waals surface area contributed by atoms with Crippen LogP contribution in [-0.2, 0) is 9.59 Å². The predicted molar refractivity (Wildman–Crippen MR) is 99.1 cm³/mol. The maximum Gasteiger partial charge on any atom is 0.331 e. The second kappa shape index (κ2) is 6.51. The number of hydrogen-bond donors (Lipinski definition) is 2. The van der Waals surface area contributed by atoms with Crippen molar-refractivity contribution in [2.45, 2.75) is 13.8 Å². The first-order valence-electron chi connectivity index (χ1n) is 8.15. The molecule has 7 heteroatoms. The number of nitrogens with zero attached hydrogens (tertiary/aromatic N) is 2. The summed E-state index contributed by atoms with van der Waals surface area (Å²) in [4.78, 5) is 36.7. The number of aryl methyl sites for hydroxylation is 1. The van der Waals surface area contributed by atoms with E-state index in [-0.39, 0.29) is 5.57 Å². The van der Waals surface area contributed by atoms with E-state index in [1.54, 1.807) is 0 Å². The lowest BCUT2D eigenvalue weighted by Gasteiger charge is -2.22. The summed E-state index contributed by atoms with van der Waals surface area (Å²) in [6.45, 7) is 3.88. The van der Waals surface area contributed by atoms with Gasteiger partial charge in [-0.3, -0.25) is 19.8 Å². The standard InChI is InChI=1S/C19H20N4O3/c1-11-9-13(10-16-17(24)21-19(26)22(4)18(16)25)12(2)23(11)15-7-5-14(20-3)6-8-15/h5-10,20H,1-4H3,(H,21,24,26)/b16-10+. The molecule has 26 heavy (non-hydrogen) atoms. The molecular weight excluding hydrogens is 332 g/mol. The summed E-state index contributed by atoms with van der Waals surface area (Å²) in [5.41, 5.74) is 4.55. The fourth-order valence-corrected chi connectivity index (χ4v) is 3.01. The zero-order valence-corrected chi connectivity index (χ0v) is 15.1. The zero-order valence-electron chi connectivity index (χ0n) is 15.1. The maximum atomic E-state index is 12.3. The second-order valence-electron chi connectivity index (χ2n) is 6.14. The number of likely N-dealkylation sites (N-methyl/N-ethyl adjacent to an activating group) is 1. The average molecular weight is 352 g/mol. The van der Waals surface area contributed by atoms with Crippen molar-refractivity contribution < 1.29 is 14.4 Å². The lowest BCUT2D eigenvalue weighted by atomic mass is 10.1. The van der Waals surface area contributed by atoms with E-state index in [9.17, 15) is 14.4 Å². The largest absolute Gasteiger partial charge is 0.388 e. The highest BCUT2D eigenvalue weighted by Gasteiger charge is 2.33. The molecule has 0 aliphatic carbocycles. The number of hydrogen-bond acceptors (Lipinski definition) is 4. The number of urea groups is 1. The molecule has 1 fully saturated rings. The van der Waals surface area contributed by atoms with Crippen LogP contribution in [0.1, 0.15) is 17.0 Å². The van der Waals surface area contributed by atoms with Crippen molar-refractivity contribution >= 4 is 29.6 Å². The molecule has 4 amide bonds. The third-order valence-corrected chi connectivity index (χ3v) is 4.49. The predicted octanol–water partition coefficient (Wildman–Crippen LogP) is 2.23. The van der Waals surface area contributed by atoms with Crippen LogP contribution in [0.2, 0.25) is 0 Å². The lowest BCUT2D eigenvalue weighted by Crippen LogP contribution is -2.52. The fourth-order valence-electron chi connectivity index (χ4n) is 3.01. The van der Waals surface area contributed by atoms with Crippen LogP contribution in [0, 0.1) is 13.8 Å². The number of barbiturate groups is 1. The quantitative estimate of drug-likeness (QED) is 0.655. The van der Waals surface area contributed by atoms with Crippen molar-refractivity contribution in [2.24, 2.45) is 0 Å². The first-order chi connectivity index (χ1) is 12.3. The van der Waals surface area contributed by atoms with Crippen LogP contribution in [0.15, 0.2) is 35.9 Å². The van der Waals surface area contributed by atoms with Crippen LogP contribution in [0.5, 0.6) is 0 Å². The Morgan fingerprint density at radius 1 is 1.08 bits per heavy atom. The van der Waals surface area contributed by atoms with Gasteiger partial charge in [0.15, 0.2) is 0 Å². The highest BCUT2D eigenvalue weighted by atomic mass is 16.2. The number of carbonyl (C=O) groups is 3. The Kier molecular flexibility index (Phi) is 4.38. The van der Waals surface area contributed by atoms with Crippen LogP contribution in [0.25, 0.3) is 11.8 Å². The highest BCUT2D eigenvalue weighted by Crippen LogP contribution is 2.24. The van der Waals surface area contributed by atoms with E-state index < -0.39 is 17.8 Å². The molecule has 2 aromatic rings. The zero-order chi connectivity index (χ0) is 19.0. The van der Waals surface area contributed by atoms with Crippen LogP contribution in [0.3, 0.4) is 0 Å². The Morgan fingerprint density at radius 2 is 1.73 bits per heavy atom. The molecule has 0 atom stereocenters. The molecule has 1 aliphatic rings. The smallest absolute Gasteiger partial charge is 0.331 e. The number of amides is 4. The van der Waals surface area contributed by atoms with Crippen molar-refractivity contribution in [1.29, 1.82) is 0 Å². The first-order valence-corrected chi connectivity index (χ1v) is 8.15. The topological polar surface area (TPSA) is 83.4 Å². The van der Waals surface area contributed by atoms with Gasteiger partial charge >= 0.3 is 6.03 Å². The van der Waals surface area contributed by atoms with Gasteiger partial charge in [0.2, 0.25) is 0 Å². The highest BCUT2D eigenvalue weighted by molar-refractivity contribution is 6.30. The second-order valence-corrected chi connectivity index (χ2v) is 6.14. The van der Waals surface area contributed by atoms with Crippen molar-refractivity contribution in [3.05, 3.63) is 52.9 Å². The third-order valence-electron chi connectivity index (χ3n) is 4.49. The van der Waals surface area contributed by atoms with Crippen LogP contribution in [-0.4, -0.2) is 41.4 Å². The molecule has 0 spiro atoms. The first kappa shape index (κ1) is 17.5. The molecule has 0 saturated carbocycles. The summed E-state index contributed by atoms with van der Waals surface area (Å²) in [5.74, 6) is -1.29. The van der Waals surface area contributed by atoms with Gasteiger partial charge < -0.3 is 9.88 Å². The Labute approximate surface area is 151 Å². The summed E-state index contributed by atoms with van der Waals surface area (Å²) < 4.78 is 2.05. The lowest BCUT2D eigenvalue weighted by molar-refractivity contribution is -0.129. The van der Waals surface area contributed by atoms with Crippen molar-refractivity contribution in [2.75, 3.05) is 19.4 Å². The van der Waals surface area contributed by atoms with Crippen LogP contribution < -0.4 is 10.6 Å². The third kappa shape index (κ3) is 2.88. The molecule has 7 nitrogen and oxygen atoms in total. The number of nitrogens with one attached hydrogen (secondary N) is 2. The molecule has 1 aliphatic heterocycles. The van der Waals surface area contributed by atoms with E-state index >= 15 is 0 Å². The minimum Gasteiger partial charge on any atom is -0.388 e. The van der Waals surface area contributed by atoms with Gasteiger partial charge in [-0.1, -0.05) is 0 Å². The molecule has 1 aromatic carbocycles. The summed E-state index contributed by atoms with van der Waals surface area (Å²) in [6, 6.07) is 9.13. The number of benzene rings is 1. The SMILES string of the molecule is CNc1ccc(-n2c(C)cc(/C=C3\C(=O)NC(=O)N(C)C3=O)c2C)cc1. The Bertz CT molecular complexity index is 938. The normalized spacial score (nSPS) is 16.2. The number of carbonyl (C=O) groups excluding carboxylic acids is 3. The molecular formula is C19H20N4O3. The molecule has 3 rings (SSSR count). The van der Waals surface area contributed by atoms with Crippen LogP contribution >= 0.6 is 0 Å². The minimum atomic E-state index is -0.716. The summed E-state index contributed by atoms with van der Waals surface area (Å²) in [5, 5.41) is 5.24. The van der Waals surface area contributed by atoms with Crippen molar-refractivity contribution in [3.8, 4) is 5.69 Å². The number of anilines is 1. The van der Waals surface area contributed by atoms with Gasteiger partial charge in [0.1, 0.15) is 5.57 Å². The van der Waals surface area contributed by atoms with E-state index in [0.29, 0.717) is 0 Å². The molecule has 2 N–H and O–H groups in total. The van der Waals surface area contributed by atoms with Gasteiger partial charge in [0, 0.05) is 36.9 Å². The van der Waals surface area contributed by atoms with E-state index in [0.717, 1.165) is 33.2 Å². The van der Waals surface area contributed by atoms with Gasteiger partial charge in [-0.25, -0.2) is 4.79 Å². The van der Waals surface area contributed by atoms with Gasteiger partial charge in [0.25, 0.3) is 11.8 Å². The minimum absolute atomic E-state index is 0.0575. The van der Waals surface area contributed by atoms with Gasteiger partial charge in [0.05, 0.1) is 0 Å². The molecule has 1 saturated heterocycles. The van der Waals surface area contributed by atoms with Gasteiger partial charge in [-0.2, -0.15) is 0 Å². The molecule has 0 radical (unpaired) electrons. The van der Waals surface area contributed by atoms with E-state index in [1.165, 1.54) is 13.1 Å². The van der Waals surface area contributed by atoms with E-state index in [2.05, 4.69) is 10.6 Å². The Balaban J connectivity index is 2.03. The number of aromatic nitrogens is 1.